The SMILES string of the molecule is Cc1ccc(-c2nc3ccc(N)cn3c2CN(C)C)c(C)c1. The number of aryl methyl sites for hydroxylation is 2. The van der Waals surface area contributed by atoms with Crippen molar-refractivity contribution in [1.29, 1.82) is 0 Å². The molecule has 3 rings (SSSR count). The molecule has 2 N–H and O–H groups in total. The van der Waals surface area contributed by atoms with Gasteiger partial charge in [0.1, 0.15) is 5.65 Å². The number of nitrogens with zero attached hydrogens (tertiary/aromatic N) is 3. The van der Waals surface area contributed by atoms with Crippen LogP contribution in [0.3, 0.4) is 0 Å². The number of aromatic nitrogens is 2. The molecule has 22 heavy (non-hydrogen) atoms. The van der Waals surface area contributed by atoms with Crippen molar-refractivity contribution >= 4 is 11.3 Å². The van der Waals surface area contributed by atoms with Crippen LogP contribution in [-0.2, 0) is 6.54 Å². The van der Waals surface area contributed by atoms with Crippen molar-refractivity contribution in [3.05, 3.63) is 53.3 Å². The summed E-state index contributed by atoms with van der Waals surface area (Å²) >= 11 is 0. The van der Waals surface area contributed by atoms with Gasteiger partial charge in [-0.25, -0.2) is 4.98 Å². The molecular weight excluding hydrogens is 272 g/mol. The molecule has 4 nitrogen and oxygen atoms in total. The Morgan fingerprint density at radius 3 is 2.59 bits per heavy atom. The fraction of sp³-hybridized carbons (Fsp3) is 0.278. The van der Waals surface area contributed by atoms with Crippen LogP contribution in [0.15, 0.2) is 36.5 Å². The maximum Gasteiger partial charge on any atom is 0.137 e. The van der Waals surface area contributed by atoms with Gasteiger partial charge in [-0.3, -0.25) is 0 Å². The molecule has 0 radical (unpaired) electrons. The normalized spacial score (nSPS) is 11.5. The molecule has 0 amide bonds. The van der Waals surface area contributed by atoms with Crippen LogP contribution < -0.4 is 5.73 Å². The molecule has 3 aromatic rings. The Morgan fingerprint density at radius 1 is 1.14 bits per heavy atom. The summed E-state index contributed by atoms with van der Waals surface area (Å²) in [5.74, 6) is 0. The Balaban J connectivity index is 2.27. The van der Waals surface area contributed by atoms with Crippen LogP contribution >= 0.6 is 0 Å². The number of nitrogen functional groups attached to an aromatic ring is 1. The smallest absolute Gasteiger partial charge is 0.137 e. The van der Waals surface area contributed by atoms with E-state index < -0.39 is 0 Å². The third kappa shape index (κ3) is 2.57. The van der Waals surface area contributed by atoms with Gasteiger partial charge in [-0.2, -0.15) is 0 Å². The zero-order valence-electron chi connectivity index (χ0n) is 13.6. The summed E-state index contributed by atoms with van der Waals surface area (Å²) in [5.41, 5.74) is 13.5. The lowest BCUT2D eigenvalue weighted by molar-refractivity contribution is 0.396. The summed E-state index contributed by atoms with van der Waals surface area (Å²) in [6.45, 7) is 5.06. The maximum absolute atomic E-state index is 5.96. The van der Waals surface area contributed by atoms with E-state index in [-0.39, 0.29) is 0 Å². The Morgan fingerprint density at radius 2 is 1.91 bits per heavy atom. The summed E-state index contributed by atoms with van der Waals surface area (Å²) in [7, 11) is 4.13. The first kappa shape index (κ1) is 14.6. The van der Waals surface area contributed by atoms with Crippen LogP contribution in [0.25, 0.3) is 16.9 Å². The number of benzene rings is 1. The molecule has 4 heteroatoms. The van der Waals surface area contributed by atoms with E-state index in [1.165, 1.54) is 22.4 Å². The molecule has 0 aliphatic heterocycles. The van der Waals surface area contributed by atoms with Crippen LogP contribution in [0, 0.1) is 13.8 Å². The second-order valence-electron chi connectivity index (χ2n) is 6.15. The van der Waals surface area contributed by atoms with E-state index in [9.17, 15) is 0 Å². The highest BCUT2D eigenvalue weighted by Gasteiger charge is 2.16. The Bertz CT molecular complexity index is 830. The first-order valence-electron chi connectivity index (χ1n) is 7.44. The number of hydrogen-bond donors (Lipinski definition) is 1. The fourth-order valence-electron chi connectivity index (χ4n) is 2.86. The van der Waals surface area contributed by atoms with Crippen molar-refractivity contribution in [3.63, 3.8) is 0 Å². The number of rotatable bonds is 3. The molecule has 0 aliphatic rings. The van der Waals surface area contributed by atoms with Gasteiger partial charge in [0.2, 0.25) is 0 Å². The minimum absolute atomic E-state index is 0.747. The van der Waals surface area contributed by atoms with Crippen LogP contribution in [0.1, 0.15) is 16.8 Å². The van der Waals surface area contributed by atoms with E-state index in [0.29, 0.717) is 0 Å². The largest absolute Gasteiger partial charge is 0.398 e. The molecule has 1 aromatic carbocycles. The van der Waals surface area contributed by atoms with Crippen molar-refractivity contribution in [3.8, 4) is 11.3 Å². The van der Waals surface area contributed by atoms with Crippen LogP contribution in [0.4, 0.5) is 5.69 Å². The van der Waals surface area contributed by atoms with Crippen LogP contribution in [0.5, 0.6) is 0 Å². The standard InChI is InChI=1S/C18H22N4/c1-12-5-7-15(13(2)9-12)18-16(11-21(3)4)22-10-14(19)6-8-17(22)20-18/h5-10H,11,19H2,1-4H3. The zero-order valence-corrected chi connectivity index (χ0v) is 13.6. The quantitative estimate of drug-likeness (QED) is 0.806. The predicted octanol–water partition coefficient (Wildman–Crippen LogP) is 3.26. The minimum atomic E-state index is 0.747. The van der Waals surface area contributed by atoms with E-state index in [0.717, 1.165) is 23.6 Å². The fourth-order valence-corrected chi connectivity index (χ4v) is 2.86. The van der Waals surface area contributed by atoms with Gasteiger partial charge in [0, 0.05) is 24.0 Å². The van der Waals surface area contributed by atoms with Gasteiger partial charge >= 0.3 is 0 Å². The Hall–Kier alpha value is -2.33. The van der Waals surface area contributed by atoms with E-state index in [1.807, 2.05) is 18.3 Å². The number of nitrogens with two attached hydrogens (primary N) is 1. The molecule has 2 aromatic heterocycles. The molecule has 0 spiro atoms. The van der Waals surface area contributed by atoms with E-state index in [2.05, 4.69) is 55.4 Å². The number of imidazole rings is 1. The lowest BCUT2D eigenvalue weighted by atomic mass is 10.0. The first-order chi connectivity index (χ1) is 10.5. The van der Waals surface area contributed by atoms with Crippen molar-refractivity contribution in [2.24, 2.45) is 0 Å². The number of pyridine rings is 1. The van der Waals surface area contributed by atoms with Gasteiger partial charge in [0.25, 0.3) is 0 Å². The van der Waals surface area contributed by atoms with Crippen LogP contribution in [0.2, 0.25) is 0 Å². The molecular formula is C18H22N4. The second kappa shape index (κ2) is 5.46. The van der Waals surface area contributed by atoms with Gasteiger partial charge in [0.15, 0.2) is 0 Å². The number of hydrogen-bond acceptors (Lipinski definition) is 3. The minimum Gasteiger partial charge on any atom is -0.398 e. The lowest BCUT2D eigenvalue weighted by Gasteiger charge is -2.13. The molecule has 0 bridgehead atoms. The first-order valence-corrected chi connectivity index (χ1v) is 7.44. The molecule has 0 unspecified atom stereocenters. The summed E-state index contributed by atoms with van der Waals surface area (Å²) < 4.78 is 2.10. The highest BCUT2D eigenvalue weighted by molar-refractivity contribution is 5.70. The monoisotopic (exact) mass is 294 g/mol. The molecule has 0 saturated heterocycles. The van der Waals surface area contributed by atoms with Crippen molar-refractivity contribution in [1.82, 2.24) is 14.3 Å². The number of anilines is 1. The molecule has 0 aliphatic carbocycles. The van der Waals surface area contributed by atoms with E-state index in [1.54, 1.807) is 0 Å². The third-order valence-corrected chi connectivity index (χ3v) is 3.84. The van der Waals surface area contributed by atoms with Gasteiger partial charge in [-0.1, -0.05) is 23.8 Å². The predicted molar refractivity (Wildman–Crippen MR) is 91.9 cm³/mol. The van der Waals surface area contributed by atoms with Crippen molar-refractivity contribution in [2.75, 3.05) is 19.8 Å². The molecule has 0 saturated carbocycles. The number of fused-ring (bicyclic) bond motifs is 1. The molecule has 2 heterocycles. The summed E-state index contributed by atoms with van der Waals surface area (Å²) in [6, 6.07) is 10.4. The van der Waals surface area contributed by atoms with Crippen molar-refractivity contribution in [2.45, 2.75) is 20.4 Å². The second-order valence-corrected chi connectivity index (χ2v) is 6.15. The lowest BCUT2D eigenvalue weighted by Crippen LogP contribution is -2.13. The topological polar surface area (TPSA) is 46.6 Å². The summed E-state index contributed by atoms with van der Waals surface area (Å²) in [5, 5.41) is 0. The van der Waals surface area contributed by atoms with Gasteiger partial charge in [0.05, 0.1) is 11.4 Å². The van der Waals surface area contributed by atoms with Gasteiger partial charge in [-0.15, -0.1) is 0 Å². The summed E-state index contributed by atoms with van der Waals surface area (Å²) in [4.78, 5) is 7.00. The van der Waals surface area contributed by atoms with E-state index in [4.69, 9.17) is 10.7 Å². The third-order valence-electron chi connectivity index (χ3n) is 3.84. The summed E-state index contributed by atoms with van der Waals surface area (Å²) in [6.07, 6.45) is 1.95. The molecule has 114 valence electrons. The van der Waals surface area contributed by atoms with E-state index >= 15 is 0 Å². The van der Waals surface area contributed by atoms with Crippen LogP contribution in [-0.4, -0.2) is 28.4 Å². The molecule has 0 atom stereocenters. The van der Waals surface area contributed by atoms with Crippen molar-refractivity contribution < 1.29 is 0 Å². The zero-order chi connectivity index (χ0) is 15.9. The highest BCUT2D eigenvalue weighted by atomic mass is 15.1. The Kier molecular flexibility index (Phi) is 3.62. The van der Waals surface area contributed by atoms with Gasteiger partial charge < -0.3 is 15.0 Å². The Labute approximate surface area is 131 Å². The highest BCUT2D eigenvalue weighted by Crippen LogP contribution is 2.29. The maximum atomic E-state index is 5.96. The molecule has 0 fully saturated rings. The average molecular weight is 294 g/mol. The van der Waals surface area contributed by atoms with Gasteiger partial charge in [-0.05, 0) is 45.6 Å². The average Bonchev–Trinajstić information content (AvgIpc) is 2.76.